The van der Waals surface area contributed by atoms with E-state index in [9.17, 15) is 4.79 Å². The molecule has 3 aromatic rings. The van der Waals surface area contributed by atoms with Gasteiger partial charge in [0.2, 0.25) is 0 Å². The van der Waals surface area contributed by atoms with Crippen LogP contribution in [0, 0.1) is 0 Å². The highest BCUT2D eigenvalue weighted by Crippen LogP contribution is 2.29. The minimum Gasteiger partial charge on any atom is -0.345 e. The SMILES string of the molecule is CCN1CCc2nc3ccccc3c(C(=O)NC(C)c3ccc4c(c3)CCCC4)c2C1. The van der Waals surface area contributed by atoms with Crippen molar-refractivity contribution >= 4 is 16.8 Å². The minimum absolute atomic E-state index is 0.0121. The minimum atomic E-state index is -0.0341. The van der Waals surface area contributed by atoms with E-state index in [4.69, 9.17) is 4.98 Å². The molecule has 1 aliphatic heterocycles. The van der Waals surface area contributed by atoms with E-state index < -0.39 is 0 Å². The highest BCUT2D eigenvalue weighted by Gasteiger charge is 2.26. The Bertz CT molecular complexity index is 1140. The number of para-hydroxylation sites is 1. The van der Waals surface area contributed by atoms with E-state index in [2.05, 4.69) is 42.3 Å². The molecule has 2 aliphatic rings. The van der Waals surface area contributed by atoms with Crippen LogP contribution in [0.25, 0.3) is 10.9 Å². The van der Waals surface area contributed by atoms with E-state index >= 15 is 0 Å². The van der Waals surface area contributed by atoms with Crippen LogP contribution in [-0.2, 0) is 25.8 Å². The molecule has 0 spiro atoms. The Kier molecular flexibility index (Phi) is 5.49. The van der Waals surface area contributed by atoms with Crippen LogP contribution in [0.2, 0.25) is 0 Å². The number of hydrogen-bond donors (Lipinski definition) is 1. The quantitative estimate of drug-likeness (QED) is 0.656. The first kappa shape index (κ1) is 20.2. The number of carbonyl (C=O) groups is 1. The van der Waals surface area contributed by atoms with Crippen LogP contribution in [0.15, 0.2) is 42.5 Å². The van der Waals surface area contributed by atoms with Gasteiger partial charge in [-0.25, -0.2) is 0 Å². The van der Waals surface area contributed by atoms with Gasteiger partial charge in [0.1, 0.15) is 0 Å². The molecule has 4 heteroatoms. The van der Waals surface area contributed by atoms with Gasteiger partial charge in [-0.05, 0) is 61.9 Å². The topological polar surface area (TPSA) is 45.2 Å². The number of pyridine rings is 1. The van der Waals surface area contributed by atoms with Crippen LogP contribution in [0.3, 0.4) is 0 Å². The molecule has 0 fully saturated rings. The molecule has 0 radical (unpaired) electrons. The molecule has 1 atom stereocenters. The molecule has 31 heavy (non-hydrogen) atoms. The molecule has 0 saturated carbocycles. The first-order valence-electron chi connectivity index (χ1n) is 11.7. The Balaban J connectivity index is 1.49. The molecule has 160 valence electrons. The Morgan fingerprint density at radius 2 is 1.90 bits per heavy atom. The van der Waals surface area contributed by atoms with Gasteiger partial charge >= 0.3 is 0 Å². The third-order valence-electron chi connectivity index (χ3n) is 7.02. The standard InChI is InChI=1S/C27H31N3O/c1-3-30-15-14-25-23(17-30)26(22-10-6-7-11-24(22)29-25)27(31)28-18(2)20-13-12-19-8-4-5-9-21(19)16-20/h6-7,10-13,16,18H,3-5,8-9,14-15,17H2,1-2H3,(H,28,31). The summed E-state index contributed by atoms with van der Waals surface area (Å²) in [6.07, 6.45) is 5.78. The van der Waals surface area contributed by atoms with E-state index in [1.165, 1.54) is 36.0 Å². The molecular formula is C27H31N3O. The van der Waals surface area contributed by atoms with Crippen LogP contribution in [0.5, 0.6) is 0 Å². The molecule has 1 aliphatic carbocycles. The van der Waals surface area contributed by atoms with Crippen molar-refractivity contribution in [3.05, 3.63) is 76.0 Å². The molecular weight excluding hydrogens is 382 g/mol. The molecule has 0 saturated heterocycles. The fourth-order valence-corrected chi connectivity index (χ4v) is 5.15. The van der Waals surface area contributed by atoms with Crippen LogP contribution >= 0.6 is 0 Å². The molecule has 0 bridgehead atoms. The molecule has 2 heterocycles. The number of hydrogen-bond acceptors (Lipinski definition) is 3. The van der Waals surface area contributed by atoms with Gasteiger partial charge in [-0.3, -0.25) is 14.7 Å². The zero-order chi connectivity index (χ0) is 21.4. The lowest BCUT2D eigenvalue weighted by Gasteiger charge is -2.29. The Labute approximate surface area is 184 Å². The van der Waals surface area contributed by atoms with Gasteiger partial charge in [0.15, 0.2) is 0 Å². The fourth-order valence-electron chi connectivity index (χ4n) is 5.15. The van der Waals surface area contributed by atoms with Crippen LogP contribution < -0.4 is 5.32 Å². The predicted octanol–water partition coefficient (Wildman–Crippen LogP) is 4.98. The normalized spacial score (nSPS) is 17.1. The molecule has 1 aromatic heterocycles. The summed E-state index contributed by atoms with van der Waals surface area (Å²) in [5.74, 6) is 0.0121. The van der Waals surface area contributed by atoms with Gasteiger partial charge in [-0.1, -0.05) is 43.3 Å². The van der Waals surface area contributed by atoms with Gasteiger partial charge in [0.25, 0.3) is 5.91 Å². The number of amides is 1. The maximum absolute atomic E-state index is 13.6. The Morgan fingerprint density at radius 3 is 2.74 bits per heavy atom. The summed E-state index contributed by atoms with van der Waals surface area (Å²) in [4.78, 5) is 20.9. The summed E-state index contributed by atoms with van der Waals surface area (Å²) in [5, 5.41) is 4.26. The zero-order valence-corrected chi connectivity index (χ0v) is 18.6. The van der Waals surface area contributed by atoms with Crippen molar-refractivity contribution in [2.45, 2.75) is 58.5 Å². The second-order valence-corrected chi connectivity index (χ2v) is 8.98. The van der Waals surface area contributed by atoms with E-state index in [0.29, 0.717) is 0 Å². The molecule has 1 unspecified atom stereocenters. The van der Waals surface area contributed by atoms with Crippen molar-refractivity contribution in [3.8, 4) is 0 Å². The van der Waals surface area contributed by atoms with Crippen molar-refractivity contribution in [3.63, 3.8) is 0 Å². The smallest absolute Gasteiger partial charge is 0.252 e. The van der Waals surface area contributed by atoms with Gasteiger partial charge in [-0.2, -0.15) is 0 Å². The maximum Gasteiger partial charge on any atom is 0.252 e. The summed E-state index contributed by atoms with van der Waals surface area (Å²) in [6.45, 7) is 7.05. The Morgan fingerprint density at radius 1 is 1.10 bits per heavy atom. The lowest BCUT2D eigenvalue weighted by molar-refractivity contribution is 0.0938. The average Bonchev–Trinajstić information content (AvgIpc) is 2.81. The lowest BCUT2D eigenvalue weighted by Crippen LogP contribution is -2.34. The number of nitrogens with zero attached hydrogens (tertiary/aromatic N) is 2. The van der Waals surface area contributed by atoms with E-state index in [1.807, 2.05) is 24.3 Å². The predicted molar refractivity (Wildman–Crippen MR) is 125 cm³/mol. The molecule has 1 N–H and O–H groups in total. The molecule has 4 nitrogen and oxygen atoms in total. The van der Waals surface area contributed by atoms with Crippen LogP contribution in [0.4, 0.5) is 0 Å². The maximum atomic E-state index is 13.6. The summed E-state index contributed by atoms with van der Waals surface area (Å²) in [6, 6.07) is 14.8. The van der Waals surface area contributed by atoms with Gasteiger partial charge in [0.05, 0.1) is 17.1 Å². The highest BCUT2D eigenvalue weighted by molar-refractivity contribution is 6.07. The van der Waals surface area contributed by atoms with Crippen molar-refractivity contribution in [2.24, 2.45) is 0 Å². The number of aromatic nitrogens is 1. The number of benzene rings is 2. The zero-order valence-electron chi connectivity index (χ0n) is 18.6. The molecule has 5 rings (SSSR count). The summed E-state index contributed by atoms with van der Waals surface area (Å²) < 4.78 is 0. The first-order valence-corrected chi connectivity index (χ1v) is 11.7. The van der Waals surface area contributed by atoms with Gasteiger partial charge in [-0.15, -0.1) is 0 Å². The molecule has 2 aromatic carbocycles. The number of likely N-dealkylation sites (N-methyl/N-ethyl adjacent to an activating group) is 1. The van der Waals surface area contributed by atoms with Crippen LogP contribution in [-0.4, -0.2) is 28.9 Å². The van der Waals surface area contributed by atoms with Gasteiger partial charge in [0, 0.05) is 36.2 Å². The molecule has 1 amide bonds. The van der Waals surface area contributed by atoms with Crippen molar-refractivity contribution in [2.75, 3.05) is 13.1 Å². The number of fused-ring (bicyclic) bond motifs is 3. The monoisotopic (exact) mass is 413 g/mol. The van der Waals surface area contributed by atoms with E-state index in [1.54, 1.807) is 0 Å². The van der Waals surface area contributed by atoms with Gasteiger partial charge < -0.3 is 5.32 Å². The lowest BCUT2D eigenvalue weighted by atomic mass is 9.89. The summed E-state index contributed by atoms with van der Waals surface area (Å²) in [7, 11) is 0. The average molecular weight is 414 g/mol. The van der Waals surface area contributed by atoms with Crippen molar-refractivity contribution in [1.29, 1.82) is 0 Å². The summed E-state index contributed by atoms with van der Waals surface area (Å²) >= 11 is 0. The second-order valence-electron chi connectivity index (χ2n) is 8.98. The third kappa shape index (κ3) is 3.85. The van der Waals surface area contributed by atoms with Crippen LogP contribution in [0.1, 0.15) is 71.0 Å². The number of nitrogens with one attached hydrogen (secondary N) is 1. The Hall–Kier alpha value is -2.72. The largest absolute Gasteiger partial charge is 0.345 e. The number of carbonyl (C=O) groups excluding carboxylic acids is 1. The summed E-state index contributed by atoms with van der Waals surface area (Å²) in [5.41, 5.74) is 8.02. The third-order valence-corrected chi connectivity index (χ3v) is 7.02. The number of aryl methyl sites for hydroxylation is 2. The fraction of sp³-hybridized carbons (Fsp3) is 0.407. The van der Waals surface area contributed by atoms with E-state index in [-0.39, 0.29) is 11.9 Å². The van der Waals surface area contributed by atoms with Crippen molar-refractivity contribution < 1.29 is 4.79 Å². The number of rotatable bonds is 4. The highest BCUT2D eigenvalue weighted by atomic mass is 16.1. The van der Waals surface area contributed by atoms with Crippen molar-refractivity contribution in [1.82, 2.24) is 15.2 Å². The first-order chi connectivity index (χ1) is 15.1. The van der Waals surface area contributed by atoms with E-state index in [0.717, 1.165) is 60.2 Å². The second kappa shape index (κ2) is 8.43.